The molecule has 0 aliphatic carbocycles. The summed E-state index contributed by atoms with van der Waals surface area (Å²) in [7, 11) is 0. The molecule has 0 N–H and O–H groups in total. The number of carbonyl (C=O) groups is 1. The van der Waals surface area contributed by atoms with E-state index in [4.69, 9.17) is 4.74 Å². The van der Waals surface area contributed by atoms with E-state index in [2.05, 4.69) is 0 Å². The van der Waals surface area contributed by atoms with E-state index in [1.807, 2.05) is 44.2 Å². The molecule has 0 aliphatic rings. The van der Waals surface area contributed by atoms with Crippen LogP contribution < -0.4 is 4.74 Å². The van der Waals surface area contributed by atoms with Crippen molar-refractivity contribution in [3.8, 4) is 5.75 Å². The van der Waals surface area contributed by atoms with Crippen LogP contribution in [0.2, 0.25) is 0 Å². The van der Waals surface area contributed by atoms with Crippen molar-refractivity contribution in [2.45, 2.75) is 26.9 Å². The maximum Gasteiger partial charge on any atom is 0.263 e. The number of likely N-dealkylation sites (N-methyl/N-ethyl adjacent to an activating group) is 1. The van der Waals surface area contributed by atoms with E-state index >= 15 is 0 Å². The van der Waals surface area contributed by atoms with Gasteiger partial charge in [-0.15, -0.1) is 0 Å². The van der Waals surface area contributed by atoms with Crippen LogP contribution in [0.4, 0.5) is 0 Å². The molecule has 0 unspecified atom stereocenters. The van der Waals surface area contributed by atoms with Crippen molar-refractivity contribution in [2.24, 2.45) is 0 Å². The zero-order valence-electron chi connectivity index (χ0n) is 10.1. The van der Waals surface area contributed by atoms with E-state index < -0.39 is 6.10 Å². The number of carbonyl (C=O) groups excluding carboxylic acids is 1. The molecule has 1 amide bonds. The van der Waals surface area contributed by atoms with Gasteiger partial charge in [-0.3, -0.25) is 4.79 Å². The lowest BCUT2D eigenvalue weighted by Crippen LogP contribution is -2.40. The lowest BCUT2D eigenvalue weighted by molar-refractivity contribution is -0.137. The van der Waals surface area contributed by atoms with Gasteiger partial charge in [0.2, 0.25) is 0 Å². The first kappa shape index (κ1) is 12.6. The van der Waals surface area contributed by atoms with Crippen LogP contribution in [0.3, 0.4) is 0 Å². The Balaban J connectivity index is 2.58. The van der Waals surface area contributed by atoms with Crippen LogP contribution in [-0.2, 0) is 4.79 Å². The number of hydrogen-bond acceptors (Lipinski definition) is 2. The van der Waals surface area contributed by atoms with Crippen molar-refractivity contribution < 1.29 is 9.53 Å². The average Bonchev–Trinajstić information content (AvgIpc) is 2.31. The SMILES string of the molecule is CCN(CC)C(=O)[C@@H](C)Oc1ccccc1. The quantitative estimate of drug-likeness (QED) is 0.763. The molecule has 1 aromatic carbocycles. The maximum atomic E-state index is 11.9. The predicted molar refractivity (Wildman–Crippen MR) is 64.5 cm³/mol. The Hall–Kier alpha value is -1.51. The minimum Gasteiger partial charge on any atom is -0.481 e. The van der Waals surface area contributed by atoms with Gasteiger partial charge < -0.3 is 9.64 Å². The molecule has 3 nitrogen and oxygen atoms in total. The highest BCUT2D eigenvalue weighted by molar-refractivity contribution is 5.80. The van der Waals surface area contributed by atoms with Crippen molar-refractivity contribution in [2.75, 3.05) is 13.1 Å². The smallest absolute Gasteiger partial charge is 0.263 e. The predicted octanol–water partition coefficient (Wildman–Crippen LogP) is 2.32. The van der Waals surface area contributed by atoms with Crippen LogP contribution >= 0.6 is 0 Å². The number of nitrogens with zero attached hydrogens (tertiary/aromatic N) is 1. The monoisotopic (exact) mass is 221 g/mol. The Bertz CT molecular complexity index is 320. The minimum atomic E-state index is -0.428. The molecule has 0 aromatic heterocycles. The number of para-hydroxylation sites is 1. The van der Waals surface area contributed by atoms with Gasteiger partial charge in [0.15, 0.2) is 6.10 Å². The van der Waals surface area contributed by atoms with E-state index in [0.29, 0.717) is 0 Å². The molecule has 0 saturated carbocycles. The zero-order chi connectivity index (χ0) is 12.0. The van der Waals surface area contributed by atoms with Crippen LogP contribution in [0.5, 0.6) is 5.75 Å². The van der Waals surface area contributed by atoms with Gasteiger partial charge in [-0.05, 0) is 32.9 Å². The molecule has 88 valence electrons. The molecule has 16 heavy (non-hydrogen) atoms. The molecule has 1 aromatic rings. The van der Waals surface area contributed by atoms with Gasteiger partial charge in [0.1, 0.15) is 5.75 Å². The lowest BCUT2D eigenvalue weighted by atomic mass is 10.3. The first-order chi connectivity index (χ1) is 7.69. The Morgan fingerprint density at radius 1 is 1.25 bits per heavy atom. The molecule has 0 fully saturated rings. The number of benzene rings is 1. The highest BCUT2D eigenvalue weighted by atomic mass is 16.5. The molecule has 0 heterocycles. The second kappa shape index (κ2) is 6.16. The van der Waals surface area contributed by atoms with Gasteiger partial charge in [0.25, 0.3) is 5.91 Å². The summed E-state index contributed by atoms with van der Waals surface area (Å²) < 4.78 is 5.57. The van der Waals surface area contributed by atoms with E-state index in [1.54, 1.807) is 11.8 Å². The molecular formula is C13H19NO2. The van der Waals surface area contributed by atoms with E-state index in [0.717, 1.165) is 18.8 Å². The van der Waals surface area contributed by atoms with Crippen molar-refractivity contribution in [3.05, 3.63) is 30.3 Å². The Morgan fingerprint density at radius 2 is 1.81 bits per heavy atom. The summed E-state index contributed by atoms with van der Waals surface area (Å²) in [5.74, 6) is 0.768. The van der Waals surface area contributed by atoms with Gasteiger partial charge in [0.05, 0.1) is 0 Å². The molecule has 1 rings (SSSR count). The summed E-state index contributed by atoms with van der Waals surface area (Å²) in [6, 6.07) is 9.41. The number of amides is 1. The van der Waals surface area contributed by atoms with E-state index in [1.165, 1.54) is 0 Å². The number of hydrogen-bond donors (Lipinski definition) is 0. The maximum absolute atomic E-state index is 11.9. The van der Waals surface area contributed by atoms with Crippen LogP contribution in [0, 0.1) is 0 Å². The van der Waals surface area contributed by atoms with Gasteiger partial charge >= 0.3 is 0 Å². The van der Waals surface area contributed by atoms with Crippen molar-refractivity contribution in [3.63, 3.8) is 0 Å². The summed E-state index contributed by atoms with van der Waals surface area (Å²) in [5, 5.41) is 0. The first-order valence-corrected chi connectivity index (χ1v) is 5.69. The molecule has 1 atom stereocenters. The number of ether oxygens (including phenoxy) is 1. The lowest BCUT2D eigenvalue weighted by Gasteiger charge is -2.23. The van der Waals surface area contributed by atoms with Gasteiger partial charge in [-0.25, -0.2) is 0 Å². The summed E-state index contributed by atoms with van der Waals surface area (Å²) in [4.78, 5) is 13.7. The normalized spacial score (nSPS) is 11.9. The first-order valence-electron chi connectivity index (χ1n) is 5.69. The summed E-state index contributed by atoms with van der Waals surface area (Å²) >= 11 is 0. The van der Waals surface area contributed by atoms with Crippen LogP contribution in [0.1, 0.15) is 20.8 Å². The summed E-state index contributed by atoms with van der Waals surface area (Å²) in [5.41, 5.74) is 0. The fourth-order valence-electron chi connectivity index (χ4n) is 1.55. The Labute approximate surface area is 97.0 Å². The third-order valence-corrected chi connectivity index (χ3v) is 2.48. The fourth-order valence-corrected chi connectivity index (χ4v) is 1.55. The highest BCUT2D eigenvalue weighted by Crippen LogP contribution is 2.11. The largest absolute Gasteiger partial charge is 0.481 e. The topological polar surface area (TPSA) is 29.5 Å². The van der Waals surface area contributed by atoms with Gasteiger partial charge in [-0.1, -0.05) is 18.2 Å². The van der Waals surface area contributed by atoms with Crippen molar-refractivity contribution in [1.29, 1.82) is 0 Å². The Morgan fingerprint density at radius 3 is 2.31 bits per heavy atom. The van der Waals surface area contributed by atoms with Crippen LogP contribution in [0.25, 0.3) is 0 Å². The second-order valence-electron chi connectivity index (χ2n) is 3.58. The standard InChI is InChI=1S/C13H19NO2/c1-4-14(5-2)13(15)11(3)16-12-9-7-6-8-10-12/h6-11H,4-5H2,1-3H3/t11-/m1/s1. The molecule has 0 spiro atoms. The molecular weight excluding hydrogens is 202 g/mol. The third kappa shape index (κ3) is 3.26. The zero-order valence-corrected chi connectivity index (χ0v) is 10.1. The Kier molecular flexibility index (Phi) is 4.83. The van der Waals surface area contributed by atoms with Crippen LogP contribution in [-0.4, -0.2) is 30.0 Å². The van der Waals surface area contributed by atoms with Crippen molar-refractivity contribution in [1.82, 2.24) is 4.90 Å². The second-order valence-corrected chi connectivity index (χ2v) is 3.58. The van der Waals surface area contributed by atoms with Gasteiger partial charge in [-0.2, -0.15) is 0 Å². The van der Waals surface area contributed by atoms with Gasteiger partial charge in [0, 0.05) is 13.1 Å². The van der Waals surface area contributed by atoms with Crippen molar-refractivity contribution >= 4 is 5.91 Å². The molecule has 0 bridgehead atoms. The average molecular weight is 221 g/mol. The minimum absolute atomic E-state index is 0.0360. The van der Waals surface area contributed by atoms with Crippen LogP contribution in [0.15, 0.2) is 30.3 Å². The molecule has 0 radical (unpaired) electrons. The highest BCUT2D eigenvalue weighted by Gasteiger charge is 2.19. The fraction of sp³-hybridized carbons (Fsp3) is 0.462. The number of rotatable bonds is 5. The van der Waals surface area contributed by atoms with E-state index in [-0.39, 0.29) is 5.91 Å². The third-order valence-electron chi connectivity index (χ3n) is 2.48. The van der Waals surface area contributed by atoms with E-state index in [9.17, 15) is 4.79 Å². The molecule has 0 aliphatic heterocycles. The summed E-state index contributed by atoms with van der Waals surface area (Å²) in [6.07, 6.45) is -0.428. The molecule has 0 saturated heterocycles. The summed E-state index contributed by atoms with van der Waals surface area (Å²) in [6.45, 7) is 7.16. The molecule has 3 heteroatoms.